The third kappa shape index (κ3) is 3.94. The summed E-state index contributed by atoms with van der Waals surface area (Å²) >= 11 is 3.25. The van der Waals surface area contributed by atoms with E-state index in [0.29, 0.717) is 16.8 Å². The minimum atomic E-state index is -0.478. The summed E-state index contributed by atoms with van der Waals surface area (Å²) in [7, 11) is 0. The van der Waals surface area contributed by atoms with Crippen molar-refractivity contribution in [3.63, 3.8) is 0 Å². The van der Waals surface area contributed by atoms with Crippen molar-refractivity contribution in [1.82, 2.24) is 4.98 Å². The Balaban J connectivity index is 2.81. The molecule has 0 saturated carbocycles. The Morgan fingerprint density at radius 3 is 2.88 bits per heavy atom. The van der Waals surface area contributed by atoms with Crippen LogP contribution in [-0.4, -0.2) is 22.5 Å². The summed E-state index contributed by atoms with van der Waals surface area (Å²) in [6.45, 7) is 2.57. The zero-order chi connectivity index (χ0) is 12.8. The Hall–Kier alpha value is -1.21. The Bertz CT molecular complexity index is 400. The van der Waals surface area contributed by atoms with Gasteiger partial charge in [0, 0.05) is 18.7 Å². The average molecular weight is 303 g/mol. The summed E-state index contributed by atoms with van der Waals surface area (Å²) in [5.41, 5.74) is 5.58. The third-order valence-electron chi connectivity index (χ3n) is 2.30. The Morgan fingerprint density at radius 1 is 1.71 bits per heavy atom. The topological polar surface area (TPSA) is 94.1 Å². The van der Waals surface area contributed by atoms with E-state index in [0.717, 1.165) is 12.8 Å². The van der Waals surface area contributed by atoms with Gasteiger partial charge < -0.3 is 11.1 Å². The van der Waals surface area contributed by atoms with Crippen LogP contribution in [0.5, 0.6) is 0 Å². The number of hydrogen-bond donors (Lipinski definition) is 2. The second kappa shape index (κ2) is 6.51. The van der Waals surface area contributed by atoms with E-state index in [-0.39, 0.29) is 11.7 Å². The van der Waals surface area contributed by atoms with Crippen LogP contribution in [0, 0.1) is 10.1 Å². The lowest BCUT2D eigenvalue weighted by Crippen LogP contribution is -2.29. The highest BCUT2D eigenvalue weighted by Gasteiger charge is 2.13. The van der Waals surface area contributed by atoms with Gasteiger partial charge in [0.1, 0.15) is 12.0 Å². The van der Waals surface area contributed by atoms with Crippen LogP contribution in [0.1, 0.15) is 19.8 Å². The van der Waals surface area contributed by atoms with Gasteiger partial charge in [0.25, 0.3) is 5.69 Å². The van der Waals surface area contributed by atoms with Gasteiger partial charge in [0.2, 0.25) is 0 Å². The number of rotatable bonds is 6. The van der Waals surface area contributed by atoms with Crippen molar-refractivity contribution >= 4 is 27.4 Å². The van der Waals surface area contributed by atoms with Gasteiger partial charge in [0.15, 0.2) is 0 Å². The van der Waals surface area contributed by atoms with Crippen molar-refractivity contribution in [3.8, 4) is 0 Å². The monoisotopic (exact) mass is 302 g/mol. The van der Waals surface area contributed by atoms with Crippen molar-refractivity contribution < 1.29 is 4.92 Å². The lowest BCUT2D eigenvalue weighted by atomic mass is 10.1. The van der Waals surface area contributed by atoms with Gasteiger partial charge in [-0.15, -0.1) is 0 Å². The smallest absolute Gasteiger partial charge is 0.288 e. The third-order valence-corrected chi connectivity index (χ3v) is 2.90. The van der Waals surface area contributed by atoms with Crippen molar-refractivity contribution in [2.24, 2.45) is 5.73 Å². The molecule has 1 aromatic heterocycles. The van der Waals surface area contributed by atoms with E-state index in [4.69, 9.17) is 5.73 Å². The predicted octanol–water partition coefficient (Wildman–Crippen LogP) is 2.29. The quantitative estimate of drug-likeness (QED) is 0.621. The van der Waals surface area contributed by atoms with E-state index in [2.05, 4.69) is 33.2 Å². The van der Waals surface area contributed by atoms with Crippen LogP contribution in [0.2, 0.25) is 0 Å². The molecule has 6 nitrogen and oxygen atoms in total. The SMILES string of the molecule is CCCC(CN)Nc1ncc([N+](=O)[O-])cc1Br. The number of nitrogens with two attached hydrogens (primary N) is 1. The van der Waals surface area contributed by atoms with E-state index in [1.165, 1.54) is 12.3 Å². The molecule has 0 saturated heterocycles. The molecule has 0 aliphatic rings. The minimum Gasteiger partial charge on any atom is -0.365 e. The van der Waals surface area contributed by atoms with Gasteiger partial charge in [-0.3, -0.25) is 10.1 Å². The van der Waals surface area contributed by atoms with Crippen LogP contribution in [0.3, 0.4) is 0 Å². The molecule has 1 atom stereocenters. The average Bonchev–Trinajstić information content (AvgIpc) is 2.30. The van der Waals surface area contributed by atoms with E-state index < -0.39 is 4.92 Å². The number of halogens is 1. The Kier molecular flexibility index (Phi) is 5.30. The first-order valence-electron chi connectivity index (χ1n) is 5.35. The fraction of sp³-hybridized carbons (Fsp3) is 0.500. The highest BCUT2D eigenvalue weighted by atomic mass is 79.9. The van der Waals surface area contributed by atoms with Gasteiger partial charge in [-0.1, -0.05) is 13.3 Å². The van der Waals surface area contributed by atoms with Crippen LogP contribution in [0.25, 0.3) is 0 Å². The molecule has 1 aromatic rings. The lowest BCUT2D eigenvalue weighted by Gasteiger charge is -2.17. The zero-order valence-electron chi connectivity index (χ0n) is 9.52. The molecule has 0 bridgehead atoms. The summed E-state index contributed by atoms with van der Waals surface area (Å²) in [5.74, 6) is 0.583. The summed E-state index contributed by atoms with van der Waals surface area (Å²) in [6, 6.07) is 1.56. The number of aromatic nitrogens is 1. The second-order valence-corrected chi connectivity index (χ2v) is 4.50. The van der Waals surface area contributed by atoms with Gasteiger partial charge in [-0.25, -0.2) is 4.98 Å². The number of nitro groups is 1. The van der Waals surface area contributed by atoms with E-state index >= 15 is 0 Å². The molecule has 0 aromatic carbocycles. The van der Waals surface area contributed by atoms with Crippen LogP contribution in [0.4, 0.5) is 11.5 Å². The Labute approximate surface area is 108 Å². The second-order valence-electron chi connectivity index (χ2n) is 3.65. The summed E-state index contributed by atoms with van der Waals surface area (Å²) < 4.78 is 0.571. The predicted molar refractivity (Wildman–Crippen MR) is 70.0 cm³/mol. The van der Waals surface area contributed by atoms with Crippen molar-refractivity contribution in [2.75, 3.05) is 11.9 Å². The fourth-order valence-electron chi connectivity index (χ4n) is 1.42. The van der Waals surface area contributed by atoms with Crippen LogP contribution in [0.15, 0.2) is 16.7 Å². The molecule has 0 radical (unpaired) electrons. The molecule has 94 valence electrons. The maximum absolute atomic E-state index is 10.5. The van der Waals surface area contributed by atoms with E-state index in [1.54, 1.807) is 0 Å². The van der Waals surface area contributed by atoms with Gasteiger partial charge in [-0.2, -0.15) is 0 Å². The maximum Gasteiger partial charge on any atom is 0.288 e. The van der Waals surface area contributed by atoms with Gasteiger partial charge in [0.05, 0.1) is 9.40 Å². The minimum absolute atomic E-state index is 0.0396. The van der Waals surface area contributed by atoms with Gasteiger partial charge in [-0.05, 0) is 22.4 Å². The molecule has 0 aliphatic heterocycles. The summed E-state index contributed by atoms with van der Waals surface area (Å²) in [6.07, 6.45) is 3.17. The number of nitrogens with zero attached hydrogens (tertiary/aromatic N) is 2. The van der Waals surface area contributed by atoms with E-state index in [1.807, 2.05) is 0 Å². The first-order valence-corrected chi connectivity index (χ1v) is 6.14. The molecule has 0 spiro atoms. The molecule has 1 heterocycles. The number of anilines is 1. The molecular formula is C10H15BrN4O2. The molecular weight excluding hydrogens is 288 g/mol. The highest BCUT2D eigenvalue weighted by Crippen LogP contribution is 2.25. The van der Waals surface area contributed by atoms with Crippen LogP contribution in [-0.2, 0) is 0 Å². The standard InChI is InChI=1S/C10H15BrN4O2/c1-2-3-7(5-12)14-10-9(11)4-8(6-13-10)15(16)17/h4,6-7H,2-3,5,12H2,1H3,(H,13,14). The highest BCUT2D eigenvalue weighted by molar-refractivity contribution is 9.10. The summed E-state index contributed by atoms with van der Waals surface area (Å²) in [4.78, 5) is 14.1. The number of nitrogens with one attached hydrogen (secondary N) is 1. The molecule has 3 N–H and O–H groups in total. The van der Waals surface area contributed by atoms with Crippen LogP contribution >= 0.6 is 15.9 Å². The largest absolute Gasteiger partial charge is 0.365 e. The lowest BCUT2D eigenvalue weighted by molar-refractivity contribution is -0.385. The summed E-state index contributed by atoms with van der Waals surface area (Å²) in [5, 5.41) is 13.7. The Morgan fingerprint density at radius 2 is 2.41 bits per heavy atom. The maximum atomic E-state index is 10.5. The van der Waals surface area contributed by atoms with E-state index in [9.17, 15) is 10.1 Å². The fourth-order valence-corrected chi connectivity index (χ4v) is 1.88. The molecule has 1 rings (SSSR count). The van der Waals surface area contributed by atoms with Crippen molar-refractivity contribution in [1.29, 1.82) is 0 Å². The molecule has 0 amide bonds. The number of hydrogen-bond acceptors (Lipinski definition) is 5. The molecule has 1 unspecified atom stereocenters. The normalized spacial score (nSPS) is 12.2. The number of pyridine rings is 1. The van der Waals surface area contributed by atoms with Crippen LogP contribution < -0.4 is 11.1 Å². The first kappa shape index (κ1) is 13.9. The van der Waals surface area contributed by atoms with Crippen molar-refractivity contribution in [3.05, 3.63) is 26.9 Å². The molecule has 0 fully saturated rings. The van der Waals surface area contributed by atoms with Gasteiger partial charge >= 0.3 is 0 Å². The zero-order valence-corrected chi connectivity index (χ0v) is 11.1. The first-order chi connectivity index (χ1) is 8.08. The van der Waals surface area contributed by atoms with Crippen molar-refractivity contribution in [2.45, 2.75) is 25.8 Å². The molecule has 0 aliphatic carbocycles. The molecule has 7 heteroatoms. The molecule has 17 heavy (non-hydrogen) atoms.